The number of amides is 1. The maximum absolute atomic E-state index is 13.7. The van der Waals surface area contributed by atoms with Crippen LogP contribution in [-0.2, 0) is 18.9 Å². The molecule has 4 aromatic rings. The third kappa shape index (κ3) is 8.56. The van der Waals surface area contributed by atoms with Crippen LogP contribution in [0.15, 0.2) is 66.9 Å². The SMILES string of the molecule is C1CNCCN1.CN(Cc1cc(C(F)(F)F)cc(C(F)(F)F)c1)C(=O)c1cnc(N2CCNCC2)nc1-c1cccc2ccccc12. The summed E-state index contributed by atoms with van der Waals surface area (Å²) in [5.74, 6) is -0.230. The summed E-state index contributed by atoms with van der Waals surface area (Å²) in [5, 5.41) is 11.4. The number of carbonyl (C=O) groups is 1. The van der Waals surface area contributed by atoms with Gasteiger partial charge in [-0.1, -0.05) is 42.5 Å². The molecule has 250 valence electrons. The molecule has 0 saturated carbocycles. The molecule has 1 amide bonds. The van der Waals surface area contributed by atoms with Crippen LogP contribution in [0, 0.1) is 0 Å². The van der Waals surface area contributed by atoms with Gasteiger partial charge in [0.05, 0.1) is 22.4 Å². The first-order valence-corrected chi connectivity index (χ1v) is 15.2. The molecular weight excluding hydrogens is 624 g/mol. The highest BCUT2D eigenvalue weighted by Crippen LogP contribution is 2.37. The molecule has 47 heavy (non-hydrogen) atoms. The summed E-state index contributed by atoms with van der Waals surface area (Å²) < 4.78 is 80.3. The first-order chi connectivity index (χ1) is 22.4. The lowest BCUT2D eigenvalue weighted by molar-refractivity contribution is -0.143. The second-order valence-electron chi connectivity index (χ2n) is 11.3. The predicted octanol–water partition coefficient (Wildman–Crippen LogP) is 5.20. The fourth-order valence-corrected chi connectivity index (χ4v) is 5.45. The van der Waals surface area contributed by atoms with Crippen LogP contribution >= 0.6 is 0 Å². The van der Waals surface area contributed by atoms with Crippen LogP contribution in [0.4, 0.5) is 32.3 Å². The molecule has 3 N–H and O–H groups in total. The van der Waals surface area contributed by atoms with Crippen molar-refractivity contribution >= 4 is 22.6 Å². The van der Waals surface area contributed by atoms with E-state index in [4.69, 9.17) is 4.98 Å². The molecule has 0 radical (unpaired) electrons. The molecule has 2 saturated heterocycles. The minimum absolute atomic E-state index is 0.0621. The topological polar surface area (TPSA) is 85.4 Å². The number of piperazine rings is 2. The molecule has 2 aliphatic rings. The Bertz CT molecular complexity index is 1640. The van der Waals surface area contributed by atoms with E-state index in [0.717, 1.165) is 54.9 Å². The standard InChI is InChI=1S/C29H25F6N5O.C4H10N2/c1-39(17-18-13-20(28(30,31)32)15-21(14-18)29(33,34)35)26(41)24-16-37-27(40-11-9-36-10-12-40)38-25(24)23-8-4-6-19-5-2-3-7-22(19)23;1-2-6-4-3-5-1/h2-8,13-16,36H,9-12,17H2,1H3;5-6H,1-4H2. The lowest BCUT2D eigenvalue weighted by Crippen LogP contribution is -2.44. The monoisotopic (exact) mass is 659 g/mol. The number of nitrogens with one attached hydrogen (secondary N) is 3. The van der Waals surface area contributed by atoms with Crippen LogP contribution in [0.3, 0.4) is 0 Å². The Labute approximate surface area is 268 Å². The Morgan fingerprint density at radius 1 is 0.809 bits per heavy atom. The molecule has 0 aliphatic carbocycles. The molecule has 0 atom stereocenters. The minimum Gasteiger partial charge on any atom is -0.338 e. The normalized spacial score (nSPS) is 15.6. The van der Waals surface area contributed by atoms with Crippen molar-refractivity contribution < 1.29 is 31.1 Å². The van der Waals surface area contributed by atoms with Gasteiger partial charge in [0.25, 0.3) is 5.91 Å². The van der Waals surface area contributed by atoms with Crippen molar-refractivity contribution in [2.75, 3.05) is 64.3 Å². The quantitative estimate of drug-likeness (QED) is 0.254. The van der Waals surface area contributed by atoms with Crippen molar-refractivity contribution in [2.45, 2.75) is 18.9 Å². The number of fused-ring (bicyclic) bond motifs is 1. The summed E-state index contributed by atoms with van der Waals surface area (Å²) >= 11 is 0. The average molecular weight is 660 g/mol. The van der Waals surface area contributed by atoms with Crippen LogP contribution in [0.2, 0.25) is 0 Å². The van der Waals surface area contributed by atoms with Crippen molar-refractivity contribution in [3.8, 4) is 11.3 Å². The van der Waals surface area contributed by atoms with E-state index in [9.17, 15) is 31.1 Å². The van der Waals surface area contributed by atoms with Crippen molar-refractivity contribution in [3.05, 3.63) is 89.1 Å². The van der Waals surface area contributed by atoms with Gasteiger partial charge >= 0.3 is 12.4 Å². The predicted molar refractivity (Wildman–Crippen MR) is 168 cm³/mol. The molecule has 6 rings (SSSR count). The third-order valence-electron chi connectivity index (χ3n) is 7.82. The van der Waals surface area contributed by atoms with Crippen LogP contribution in [-0.4, -0.2) is 80.2 Å². The van der Waals surface area contributed by atoms with E-state index >= 15 is 0 Å². The average Bonchev–Trinajstić information content (AvgIpc) is 3.08. The van der Waals surface area contributed by atoms with E-state index in [2.05, 4.69) is 20.9 Å². The number of anilines is 1. The van der Waals surface area contributed by atoms with Gasteiger partial charge in [-0.3, -0.25) is 4.79 Å². The summed E-state index contributed by atoms with van der Waals surface area (Å²) in [6, 6.07) is 14.4. The van der Waals surface area contributed by atoms with Crippen molar-refractivity contribution in [1.82, 2.24) is 30.8 Å². The third-order valence-corrected chi connectivity index (χ3v) is 7.82. The number of aromatic nitrogens is 2. The first-order valence-electron chi connectivity index (χ1n) is 15.2. The van der Waals surface area contributed by atoms with E-state index in [-0.39, 0.29) is 17.2 Å². The molecule has 0 unspecified atom stereocenters. The molecule has 3 aromatic carbocycles. The maximum atomic E-state index is 13.7. The summed E-state index contributed by atoms with van der Waals surface area (Å²) in [7, 11) is 1.31. The molecule has 0 spiro atoms. The van der Waals surface area contributed by atoms with Gasteiger partial charge in [-0.2, -0.15) is 26.3 Å². The largest absolute Gasteiger partial charge is 0.416 e. The number of carbonyl (C=O) groups excluding carboxylic acids is 1. The second kappa shape index (κ2) is 14.7. The Morgan fingerprint density at radius 2 is 1.38 bits per heavy atom. The Morgan fingerprint density at radius 3 is 1.98 bits per heavy atom. The molecule has 0 bridgehead atoms. The first kappa shape index (κ1) is 34.1. The zero-order valence-electron chi connectivity index (χ0n) is 25.7. The van der Waals surface area contributed by atoms with Gasteiger partial charge in [-0.05, 0) is 34.5 Å². The van der Waals surface area contributed by atoms with Gasteiger partial charge in [0.15, 0.2) is 0 Å². The highest BCUT2D eigenvalue weighted by molar-refractivity contribution is 6.04. The summed E-state index contributed by atoms with van der Waals surface area (Å²) in [5.41, 5.74) is -2.15. The Hall–Kier alpha value is -4.27. The minimum atomic E-state index is -4.99. The number of benzene rings is 3. The fourth-order valence-electron chi connectivity index (χ4n) is 5.45. The molecule has 3 heterocycles. The Kier molecular flexibility index (Phi) is 10.6. The molecule has 2 aliphatic heterocycles. The van der Waals surface area contributed by atoms with Gasteiger partial charge in [0.2, 0.25) is 5.95 Å². The lowest BCUT2D eigenvalue weighted by atomic mass is 9.99. The number of nitrogens with zero attached hydrogens (tertiary/aromatic N) is 4. The fraction of sp³-hybridized carbons (Fsp3) is 0.364. The molecule has 8 nitrogen and oxygen atoms in total. The van der Waals surface area contributed by atoms with Gasteiger partial charge in [0.1, 0.15) is 0 Å². The summed E-state index contributed by atoms with van der Waals surface area (Å²) in [6.45, 7) is 6.82. The molecule has 2 fully saturated rings. The molecular formula is C33H35F6N7O. The van der Waals surface area contributed by atoms with Crippen molar-refractivity contribution in [2.24, 2.45) is 0 Å². The summed E-state index contributed by atoms with van der Waals surface area (Å²) in [6.07, 6.45) is -8.62. The molecule has 14 heteroatoms. The van der Waals surface area contributed by atoms with Gasteiger partial charge in [-0.15, -0.1) is 0 Å². The zero-order chi connectivity index (χ0) is 33.6. The van der Waals surface area contributed by atoms with Gasteiger partial charge in [0, 0.05) is 77.7 Å². The van der Waals surface area contributed by atoms with Crippen LogP contribution < -0.4 is 20.9 Å². The van der Waals surface area contributed by atoms with E-state index in [1.54, 1.807) is 0 Å². The van der Waals surface area contributed by atoms with Crippen molar-refractivity contribution in [1.29, 1.82) is 0 Å². The molecule has 1 aromatic heterocycles. The number of hydrogen-bond acceptors (Lipinski definition) is 7. The van der Waals surface area contributed by atoms with Gasteiger partial charge in [-0.25, -0.2) is 9.97 Å². The number of alkyl halides is 6. The van der Waals surface area contributed by atoms with Gasteiger partial charge < -0.3 is 25.8 Å². The lowest BCUT2D eigenvalue weighted by Gasteiger charge is -2.28. The van der Waals surface area contributed by atoms with E-state index < -0.39 is 35.9 Å². The number of hydrogen-bond donors (Lipinski definition) is 3. The van der Waals surface area contributed by atoms with Crippen LogP contribution in [0.25, 0.3) is 22.0 Å². The number of halogens is 6. The summed E-state index contributed by atoms with van der Waals surface area (Å²) in [4.78, 5) is 25.9. The van der Waals surface area contributed by atoms with Crippen molar-refractivity contribution in [3.63, 3.8) is 0 Å². The zero-order valence-corrected chi connectivity index (χ0v) is 25.7. The van der Waals surface area contributed by atoms with Crippen LogP contribution in [0.1, 0.15) is 27.0 Å². The maximum Gasteiger partial charge on any atom is 0.416 e. The second-order valence-corrected chi connectivity index (χ2v) is 11.3. The van der Waals surface area contributed by atoms with E-state index in [1.165, 1.54) is 13.2 Å². The highest BCUT2D eigenvalue weighted by Gasteiger charge is 2.37. The van der Waals surface area contributed by atoms with Crippen LogP contribution in [0.5, 0.6) is 0 Å². The Balaban J connectivity index is 0.000000650. The number of rotatable bonds is 5. The van der Waals surface area contributed by atoms with E-state index in [1.807, 2.05) is 47.4 Å². The smallest absolute Gasteiger partial charge is 0.338 e. The highest BCUT2D eigenvalue weighted by atomic mass is 19.4. The van der Waals surface area contributed by atoms with E-state index in [0.29, 0.717) is 42.4 Å².